The minimum Gasteiger partial charge on any atom is -0.464 e. The minimum absolute atomic E-state index is 0.00682. The Hall–Kier alpha value is -4.56. The third-order valence-electron chi connectivity index (χ3n) is 6.18. The van der Waals surface area contributed by atoms with E-state index in [4.69, 9.17) is 20.8 Å². The van der Waals surface area contributed by atoms with Gasteiger partial charge in [-0.2, -0.15) is 0 Å². The van der Waals surface area contributed by atoms with E-state index < -0.39 is 18.0 Å². The van der Waals surface area contributed by atoms with Gasteiger partial charge in [0.1, 0.15) is 17.6 Å². The van der Waals surface area contributed by atoms with Gasteiger partial charge in [0.2, 0.25) is 5.91 Å². The summed E-state index contributed by atoms with van der Waals surface area (Å²) in [7, 11) is 0. The number of amides is 3. The van der Waals surface area contributed by atoms with Crippen molar-refractivity contribution in [3.63, 3.8) is 0 Å². The number of rotatable bonds is 5. The average molecular weight is 530 g/mol. The highest BCUT2D eigenvalue weighted by Crippen LogP contribution is 2.23. The Labute approximate surface area is 224 Å². The lowest BCUT2D eigenvalue weighted by Gasteiger charge is -2.39. The molecule has 4 aromatic rings. The first-order valence-corrected chi connectivity index (χ1v) is 12.4. The van der Waals surface area contributed by atoms with E-state index in [0.29, 0.717) is 27.8 Å². The molecule has 8 nitrogen and oxygen atoms in total. The zero-order valence-electron chi connectivity index (χ0n) is 20.2. The summed E-state index contributed by atoms with van der Waals surface area (Å²) in [5.74, 6) is 0.314. The van der Waals surface area contributed by atoms with Gasteiger partial charge in [0.05, 0.1) is 12.8 Å². The lowest BCUT2D eigenvalue weighted by molar-refractivity contribution is -0.122. The number of para-hydroxylation sites is 1. The number of carbonyl (C=O) groups is 3. The number of carbonyl (C=O) groups excluding carboxylic acids is 3. The van der Waals surface area contributed by atoms with Crippen LogP contribution < -0.4 is 10.1 Å². The summed E-state index contributed by atoms with van der Waals surface area (Å²) in [6.07, 6.45) is 0.904. The first kappa shape index (κ1) is 25.1. The third-order valence-corrected chi connectivity index (χ3v) is 6.43. The summed E-state index contributed by atoms with van der Waals surface area (Å²) in [4.78, 5) is 42.9. The molecule has 0 spiro atoms. The van der Waals surface area contributed by atoms with Gasteiger partial charge in [0.15, 0.2) is 0 Å². The van der Waals surface area contributed by atoms with Gasteiger partial charge in [0, 0.05) is 34.9 Å². The number of halogens is 1. The van der Waals surface area contributed by atoms with Gasteiger partial charge < -0.3 is 19.4 Å². The van der Waals surface area contributed by atoms with Crippen LogP contribution in [0.2, 0.25) is 5.02 Å². The number of nitrogens with zero attached hydrogens (tertiary/aromatic N) is 2. The summed E-state index contributed by atoms with van der Waals surface area (Å²) < 4.78 is 11.0. The van der Waals surface area contributed by atoms with Crippen molar-refractivity contribution in [1.29, 1.82) is 0 Å². The molecule has 0 bridgehead atoms. The number of furan rings is 1. The van der Waals surface area contributed by atoms with Crippen LogP contribution in [-0.4, -0.2) is 53.4 Å². The van der Waals surface area contributed by atoms with Gasteiger partial charge in [0.25, 0.3) is 5.91 Å². The molecule has 1 aliphatic rings. The largest absolute Gasteiger partial charge is 0.464 e. The van der Waals surface area contributed by atoms with Crippen LogP contribution in [0, 0.1) is 0 Å². The molecule has 0 radical (unpaired) electrons. The summed E-state index contributed by atoms with van der Waals surface area (Å²) in [5, 5.41) is 3.35. The molecule has 1 unspecified atom stereocenters. The second-order valence-electron chi connectivity index (χ2n) is 8.70. The van der Waals surface area contributed by atoms with E-state index in [9.17, 15) is 14.4 Å². The molecule has 0 saturated carbocycles. The van der Waals surface area contributed by atoms with Gasteiger partial charge in [-0.05, 0) is 60.7 Å². The fourth-order valence-corrected chi connectivity index (χ4v) is 4.37. The molecule has 38 heavy (non-hydrogen) atoms. The molecule has 0 aliphatic carbocycles. The van der Waals surface area contributed by atoms with Crippen LogP contribution in [0.25, 0.3) is 11.3 Å². The summed E-state index contributed by atoms with van der Waals surface area (Å²) >= 11 is 5.96. The quantitative estimate of drug-likeness (QED) is 0.365. The standard InChI is InChI=1S/C29H24ClN3O5/c30-22-11-13-23(14-12-22)31-27(34)25-19-32(15-16-33(25)29(36)38-24-8-2-1-3-9-24)28(35)21-7-4-6-20(18-21)26-10-5-17-37-26/h1-14,17-18,25H,15-16,19H2,(H,31,34). The molecule has 2 heterocycles. The highest BCUT2D eigenvalue weighted by Gasteiger charge is 2.38. The monoisotopic (exact) mass is 529 g/mol. The van der Waals surface area contributed by atoms with Crippen molar-refractivity contribution in [3.8, 4) is 17.1 Å². The van der Waals surface area contributed by atoms with Gasteiger partial charge >= 0.3 is 6.09 Å². The maximum Gasteiger partial charge on any atom is 0.416 e. The third kappa shape index (κ3) is 5.71. The van der Waals surface area contributed by atoms with Crippen molar-refractivity contribution in [2.75, 3.05) is 25.0 Å². The molecule has 3 amide bonds. The van der Waals surface area contributed by atoms with Crippen molar-refractivity contribution in [2.45, 2.75) is 6.04 Å². The van der Waals surface area contributed by atoms with Crippen LogP contribution in [0.5, 0.6) is 5.75 Å². The first-order valence-electron chi connectivity index (χ1n) is 12.0. The molecule has 1 aromatic heterocycles. The van der Waals surface area contributed by atoms with Crippen LogP contribution in [0.15, 0.2) is 102 Å². The van der Waals surface area contributed by atoms with E-state index in [1.807, 2.05) is 18.2 Å². The number of hydrogen-bond donors (Lipinski definition) is 1. The Morgan fingerprint density at radius 1 is 0.895 bits per heavy atom. The maximum absolute atomic E-state index is 13.5. The van der Waals surface area contributed by atoms with E-state index >= 15 is 0 Å². The summed E-state index contributed by atoms with van der Waals surface area (Å²) in [5.41, 5.74) is 1.74. The number of nitrogens with one attached hydrogen (secondary N) is 1. The first-order chi connectivity index (χ1) is 18.5. The molecule has 1 fully saturated rings. The fourth-order valence-electron chi connectivity index (χ4n) is 4.25. The molecule has 1 N–H and O–H groups in total. The van der Waals surface area contributed by atoms with Crippen molar-refractivity contribution in [1.82, 2.24) is 9.80 Å². The van der Waals surface area contributed by atoms with Gasteiger partial charge in [-0.25, -0.2) is 4.79 Å². The average Bonchev–Trinajstić information content (AvgIpc) is 3.49. The minimum atomic E-state index is -0.979. The normalized spacial score (nSPS) is 15.1. The molecule has 5 rings (SSSR count). The van der Waals surface area contributed by atoms with Crippen LogP contribution in [-0.2, 0) is 4.79 Å². The van der Waals surface area contributed by atoms with Gasteiger partial charge in [-0.3, -0.25) is 14.5 Å². The maximum atomic E-state index is 13.5. The molecule has 1 atom stereocenters. The Balaban J connectivity index is 1.37. The highest BCUT2D eigenvalue weighted by molar-refractivity contribution is 6.30. The van der Waals surface area contributed by atoms with Gasteiger partial charge in [-0.1, -0.05) is 41.9 Å². The zero-order valence-corrected chi connectivity index (χ0v) is 21.0. The second kappa shape index (κ2) is 11.2. The molecule has 1 aliphatic heterocycles. The van der Waals surface area contributed by atoms with Gasteiger partial charge in [-0.15, -0.1) is 0 Å². The van der Waals surface area contributed by atoms with E-state index in [2.05, 4.69) is 5.32 Å². The molecule has 192 valence electrons. The predicted molar refractivity (Wildman–Crippen MR) is 143 cm³/mol. The lowest BCUT2D eigenvalue weighted by atomic mass is 10.1. The smallest absolute Gasteiger partial charge is 0.416 e. The molecule has 9 heteroatoms. The predicted octanol–water partition coefficient (Wildman–Crippen LogP) is 5.56. The Kier molecular flexibility index (Phi) is 7.42. The number of piperazine rings is 1. The number of ether oxygens (including phenoxy) is 1. The van der Waals surface area contributed by atoms with E-state index in [1.54, 1.807) is 84.0 Å². The van der Waals surface area contributed by atoms with Crippen molar-refractivity contribution >= 4 is 35.2 Å². The number of hydrogen-bond acceptors (Lipinski definition) is 5. The Bertz CT molecular complexity index is 1420. The Morgan fingerprint density at radius 3 is 2.42 bits per heavy atom. The SMILES string of the molecule is O=C(Nc1ccc(Cl)cc1)C1CN(C(=O)c2cccc(-c3ccco3)c2)CCN1C(=O)Oc1ccccc1. The van der Waals surface area contributed by atoms with Crippen molar-refractivity contribution in [2.24, 2.45) is 0 Å². The summed E-state index contributed by atoms with van der Waals surface area (Å²) in [6.45, 7) is 0.347. The Morgan fingerprint density at radius 2 is 1.68 bits per heavy atom. The molecular weight excluding hydrogens is 506 g/mol. The molecule has 1 saturated heterocycles. The lowest BCUT2D eigenvalue weighted by Crippen LogP contribution is -2.61. The van der Waals surface area contributed by atoms with Crippen molar-refractivity contribution < 1.29 is 23.5 Å². The summed E-state index contributed by atoms with van der Waals surface area (Å²) in [6, 6.07) is 25.0. The van der Waals surface area contributed by atoms with E-state index in [0.717, 1.165) is 5.56 Å². The molecular formula is C29H24ClN3O5. The van der Waals surface area contributed by atoms with Crippen LogP contribution in [0.4, 0.5) is 10.5 Å². The van der Waals surface area contributed by atoms with E-state index in [1.165, 1.54) is 4.90 Å². The zero-order chi connectivity index (χ0) is 26.5. The van der Waals surface area contributed by atoms with Crippen LogP contribution in [0.3, 0.4) is 0 Å². The van der Waals surface area contributed by atoms with Crippen LogP contribution >= 0.6 is 11.6 Å². The van der Waals surface area contributed by atoms with Crippen molar-refractivity contribution in [3.05, 3.63) is 108 Å². The fraction of sp³-hybridized carbons (Fsp3) is 0.138. The van der Waals surface area contributed by atoms with E-state index in [-0.39, 0.29) is 25.5 Å². The second-order valence-corrected chi connectivity index (χ2v) is 9.13. The number of benzene rings is 3. The highest BCUT2D eigenvalue weighted by atomic mass is 35.5. The topological polar surface area (TPSA) is 92.1 Å². The van der Waals surface area contributed by atoms with Crippen LogP contribution in [0.1, 0.15) is 10.4 Å². The molecule has 3 aromatic carbocycles. The number of anilines is 1.